The Morgan fingerprint density at radius 3 is 2.62 bits per heavy atom. The predicted molar refractivity (Wildman–Crippen MR) is 108 cm³/mol. The first-order chi connectivity index (χ1) is 14.2. The Kier molecular flexibility index (Phi) is 4.16. The van der Waals surface area contributed by atoms with Crippen LogP contribution in [0.2, 0.25) is 0 Å². The minimum atomic E-state index is -0.365. The van der Waals surface area contributed by atoms with Gasteiger partial charge in [0.2, 0.25) is 5.91 Å². The molecule has 29 heavy (non-hydrogen) atoms. The Morgan fingerprint density at radius 2 is 1.83 bits per heavy atom. The van der Waals surface area contributed by atoms with E-state index in [1.54, 1.807) is 28.9 Å². The van der Waals surface area contributed by atoms with Gasteiger partial charge in [-0.1, -0.05) is 35.5 Å². The van der Waals surface area contributed by atoms with Gasteiger partial charge in [-0.3, -0.25) is 9.59 Å². The van der Waals surface area contributed by atoms with Crippen molar-refractivity contribution in [1.82, 2.24) is 24.8 Å². The van der Waals surface area contributed by atoms with E-state index in [0.29, 0.717) is 22.6 Å². The lowest BCUT2D eigenvalue weighted by Gasteiger charge is -2.09. The molecule has 1 amide bonds. The topological polar surface area (TPSA) is 94.7 Å². The van der Waals surface area contributed by atoms with E-state index in [1.807, 2.05) is 36.4 Å². The van der Waals surface area contributed by atoms with Crippen molar-refractivity contribution in [3.8, 4) is 5.69 Å². The van der Waals surface area contributed by atoms with E-state index in [2.05, 4.69) is 20.7 Å². The zero-order valence-corrected chi connectivity index (χ0v) is 15.5. The summed E-state index contributed by atoms with van der Waals surface area (Å²) in [6.07, 6.45) is 2.22. The number of aromatic nitrogens is 5. The van der Waals surface area contributed by atoms with Gasteiger partial charge < -0.3 is 5.32 Å². The molecule has 2 aromatic heterocycles. The van der Waals surface area contributed by atoms with Crippen molar-refractivity contribution in [3.63, 3.8) is 0 Å². The maximum absolute atomic E-state index is 12.7. The zero-order chi connectivity index (χ0) is 19.8. The fourth-order valence-electron chi connectivity index (χ4n) is 3.28. The third-order valence-corrected chi connectivity index (χ3v) is 4.91. The fraction of sp³-hybridized carbons (Fsp3) is 0.190. The second kappa shape index (κ2) is 6.97. The molecule has 0 unspecified atom stereocenters. The molecule has 1 fully saturated rings. The molecule has 0 aliphatic heterocycles. The lowest BCUT2D eigenvalue weighted by atomic mass is 10.2. The van der Waals surface area contributed by atoms with Crippen molar-refractivity contribution in [1.29, 1.82) is 0 Å². The summed E-state index contributed by atoms with van der Waals surface area (Å²) in [7, 11) is 0. The molecule has 2 aromatic carbocycles. The molecule has 0 bridgehead atoms. The molecular weight excluding hydrogens is 368 g/mol. The van der Waals surface area contributed by atoms with E-state index in [-0.39, 0.29) is 18.0 Å². The molecule has 0 saturated heterocycles. The number of anilines is 1. The second-order valence-corrected chi connectivity index (χ2v) is 7.09. The average Bonchev–Trinajstić information content (AvgIpc) is 3.52. The van der Waals surface area contributed by atoms with Gasteiger partial charge in [-0.05, 0) is 37.1 Å². The number of para-hydroxylation sites is 1. The van der Waals surface area contributed by atoms with Crippen LogP contribution in [0.4, 0.5) is 5.82 Å². The molecular formula is C21H18N6O2. The van der Waals surface area contributed by atoms with Crippen LogP contribution in [0.15, 0.2) is 65.5 Å². The Bertz CT molecular complexity index is 1260. The highest BCUT2D eigenvalue weighted by Gasteiger charge is 2.28. The highest BCUT2D eigenvalue weighted by Crippen LogP contribution is 2.40. The normalized spacial score (nSPS) is 13.5. The fourth-order valence-corrected chi connectivity index (χ4v) is 3.28. The van der Waals surface area contributed by atoms with Crippen molar-refractivity contribution in [3.05, 3.63) is 76.7 Å². The van der Waals surface area contributed by atoms with Crippen LogP contribution >= 0.6 is 0 Å². The van der Waals surface area contributed by atoms with Gasteiger partial charge >= 0.3 is 0 Å². The van der Waals surface area contributed by atoms with Gasteiger partial charge in [-0.15, -0.1) is 5.10 Å². The minimum Gasteiger partial charge on any atom is -0.309 e. The van der Waals surface area contributed by atoms with Crippen LogP contribution < -0.4 is 10.9 Å². The molecule has 0 radical (unpaired) electrons. The minimum absolute atomic E-state index is 0.227. The summed E-state index contributed by atoms with van der Waals surface area (Å²) in [5.41, 5.74) is 1.98. The first-order valence-electron chi connectivity index (χ1n) is 9.47. The van der Waals surface area contributed by atoms with Crippen LogP contribution in [0.3, 0.4) is 0 Å². The molecule has 1 aliphatic rings. The van der Waals surface area contributed by atoms with E-state index < -0.39 is 0 Å². The van der Waals surface area contributed by atoms with Crippen molar-refractivity contribution < 1.29 is 4.79 Å². The van der Waals surface area contributed by atoms with E-state index in [4.69, 9.17) is 0 Å². The summed E-state index contributed by atoms with van der Waals surface area (Å²) in [5.74, 6) is 0.658. The Balaban J connectivity index is 1.43. The van der Waals surface area contributed by atoms with Gasteiger partial charge in [-0.2, -0.15) is 5.10 Å². The van der Waals surface area contributed by atoms with E-state index in [9.17, 15) is 9.59 Å². The molecule has 1 aliphatic carbocycles. The van der Waals surface area contributed by atoms with Crippen molar-refractivity contribution in [2.24, 2.45) is 0 Å². The summed E-state index contributed by atoms with van der Waals surface area (Å²) >= 11 is 0. The summed E-state index contributed by atoms with van der Waals surface area (Å²) < 4.78 is 2.79. The van der Waals surface area contributed by atoms with Crippen LogP contribution in [0, 0.1) is 0 Å². The molecule has 1 N–H and O–H groups in total. The molecule has 0 atom stereocenters. The Labute approximate surface area is 165 Å². The maximum Gasteiger partial charge on any atom is 0.278 e. The van der Waals surface area contributed by atoms with Crippen LogP contribution in [-0.2, 0) is 11.3 Å². The third-order valence-electron chi connectivity index (χ3n) is 4.91. The summed E-state index contributed by atoms with van der Waals surface area (Å²) in [6, 6.07) is 18.5. The lowest BCUT2D eigenvalue weighted by Crippen LogP contribution is -2.30. The zero-order valence-electron chi connectivity index (χ0n) is 15.5. The van der Waals surface area contributed by atoms with Crippen LogP contribution in [0.5, 0.6) is 0 Å². The largest absolute Gasteiger partial charge is 0.309 e. The summed E-state index contributed by atoms with van der Waals surface area (Å²) in [4.78, 5) is 25.2. The number of fused-ring (bicyclic) bond motifs is 1. The van der Waals surface area contributed by atoms with Crippen molar-refractivity contribution >= 4 is 22.6 Å². The Morgan fingerprint density at radius 1 is 1.07 bits per heavy atom. The predicted octanol–water partition coefficient (Wildman–Crippen LogP) is 2.49. The van der Waals surface area contributed by atoms with Gasteiger partial charge in [0.05, 0.1) is 16.8 Å². The average molecular weight is 386 g/mol. The van der Waals surface area contributed by atoms with Gasteiger partial charge in [0.25, 0.3) is 5.56 Å². The van der Waals surface area contributed by atoms with Gasteiger partial charge in [0.15, 0.2) is 0 Å². The van der Waals surface area contributed by atoms with E-state index in [1.165, 1.54) is 0 Å². The molecule has 5 rings (SSSR count). The van der Waals surface area contributed by atoms with E-state index >= 15 is 0 Å². The quantitative estimate of drug-likeness (QED) is 0.569. The SMILES string of the molecule is O=C(Cn1nnc2ccccc2c1=O)Nc1cc(C2CC2)nn1-c1ccccc1. The first-order valence-corrected chi connectivity index (χ1v) is 9.47. The number of hydrogen-bond donors (Lipinski definition) is 1. The number of carbonyl (C=O) groups excluding carboxylic acids is 1. The maximum atomic E-state index is 12.7. The molecule has 0 spiro atoms. The number of amides is 1. The molecule has 2 heterocycles. The van der Waals surface area contributed by atoms with E-state index in [0.717, 1.165) is 28.9 Å². The van der Waals surface area contributed by atoms with Gasteiger partial charge in [0.1, 0.15) is 17.9 Å². The number of nitrogens with zero attached hydrogens (tertiary/aromatic N) is 5. The number of carbonyl (C=O) groups is 1. The van der Waals surface area contributed by atoms with Crippen LogP contribution in [0.25, 0.3) is 16.6 Å². The number of hydrogen-bond acceptors (Lipinski definition) is 5. The van der Waals surface area contributed by atoms with Gasteiger partial charge in [-0.25, -0.2) is 9.36 Å². The first kappa shape index (κ1) is 17.3. The molecule has 8 nitrogen and oxygen atoms in total. The monoisotopic (exact) mass is 386 g/mol. The van der Waals surface area contributed by atoms with Crippen molar-refractivity contribution in [2.45, 2.75) is 25.3 Å². The third kappa shape index (κ3) is 3.40. The summed E-state index contributed by atoms with van der Waals surface area (Å²) in [6.45, 7) is -0.227. The molecule has 144 valence electrons. The van der Waals surface area contributed by atoms with Crippen LogP contribution in [-0.4, -0.2) is 30.7 Å². The highest BCUT2D eigenvalue weighted by molar-refractivity contribution is 5.90. The molecule has 4 aromatic rings. The number of rotatable bonds is 5. The van der Waals surface area contributed by atoms with Gasteiger partial charge in [0, 0.05) is 12.0 Å². The second-order valence-electron chi connectivity index (χ2n) is 7.09. The van der Waals surface area contributed by atoms with Crippen LogP contribution in [0.1, 0.15) is 24.5 Å². The van der Waals surface area contributed by atoms with Crippen molar-refractivity contribution in [2.75, 3.05) is 5.32 Å². The molecule has 8 heteroatoms. The summed E-state index contributed by atoms with van der Waals surface area (Å²) in [5, 5.41) is 15.9. The smallest absolute Gasteiger partial charge is 0.278 e. The lowest BCUT2D eigenvalue weighted by molar-refractivity contribution is -0.117. The molecule has 1 saturated carbocycles. The highest BCUT2D eigenvalue weighted by atomic mass is 16.2. The Hall–Kier alpha value is -3.81. The number of benzene rings is 2. The standard InChI is InChI=1S/C21H18N6O2/c28-20(13-26-21(29)16-8-4-5-9-17(16)23-25-26)22-19-12-18(14-10-11-14)24-27(19)15-6-2-1-3-7-15/h1-9,12,14H,10-11,13H2,(H,22,28). The number of nitrogens with one attached hydrogen (secondary N) is 1.